The van der Waals surface area contributed by atoms with Gasteiger partial charge >= 0.3 is 5.97 Å². The third-order valence-electron chi connectivity index (χ3n) is 4.01. The first-order valence-corrected chi connectivity index (χ1v) is 10.4. The number of carbonyl (C=O) groups is 2. The highest BCUT2D eigenvalue weighted by atomic mass is 79.9. The van der Waals surface area contributed by atoms with E-state index < -0.39 is 18.5 Å². The van der Waals surface area contributed by atoms with E-state index in [0.717, 1.165) is 21.5 Å². The summed E-state index contributed by atoms with van der Waals surface area (Å²) in [5.41, 5.74) is 2.68. The zero-order valence-corrected chi connectivity index (χ0v) is 18.2. The molecule has 1 aromatic carbocycles. The molecular weight excluding hydrogens is 458 g/mol. The summed E-state index contributed by atoms with van der Waals surface area (Å²) in [4.78, 5) is 28.9. The number of thioether (sulfide) groups is 1. The van der Waals surface area contributed by atoms with Gasteiger partial charge in [-0.1, -0.05) is 17.3 Å². The van der Waals surface area contributed by atoms with Gasteiger partial charge in [0.1, 0.15) is 10.8 Å². The summed E-state index contributed by atoms with van der Waals surface area (Å²) in [5.74, 6) is 0.251. The van der Waals surface area contributed by atoms with E-state index in [0.29, 0.717) is 22.0 Å². The van der Waals surface area contributed by atoms with Crippen LogP contribution in [-0.2, 0) is 15.3 Å². The predicted octanol–water partition coefficient (Wildman–Crippen LogP) is 4.54. The number of carbonyl (C=O) groups excluding carboxylic acids is 2. The van der Waals surface area contributed by atoms with Gasteiger partial charge in [-0.05, 0) is 54.0 Å². The average Bonchev–Trinajstić information content (AvgIpc) is 3.04. The van der Waals surface area contributed by atoms with Crippen molar-refractivity contribution >= 4 is 45.3 Å². The van der Waals surface area contributed by atoms with Crippen LogP contribution in [0.25, 0.3) is 0 Å². The molecule has 150 valence electrons. The molecule has 7 nitrogen and oxygen atoms in total. The summed E-state index contributed by atoms with van der Waals surface area (Å²) in [6, 6.07) is 10.5. The maximum absolute atomic E-state index is 12.5. The fraction of sp³-hybridized carbons (Fsp3) is 0.200. The van der Waals surface area contributed by atoms with Crippen LogP contribution < -0.4 is 5.32 Å². The molecule has 0 saturated carbocycles. The number of rotatable bonds is 7. The number of nitrogens with zero attached hydrogens (tertiary/aromatic N) is 2. The Labute approximate surface area is 180 Å². The summed E-state index contributed by atoms with van der Waals surface area (Å²) in [5, 5.41) is 7.13. The van der Waals surface area contributed by atoms with Gasteiger partial charge in [0.2, 0.25) is 0 Å². The number of hydrogen-bond acceptors (Lipinski definition) is 7. The largest absolute Gasteiger partial charge is 0.452 e. The zero-order valence-electron chi connectivity index (χ0n) is 15.8. The molecule has 0 aliphatic heterocycles. The first-order valence-electron chi connectivity index (χ1n) is 8.66. The highest BCUT2D eigenvalue weighted by molar-refractivity contribution is 9.10. The Hall–Kier alpha value is -2.65. The van der Waals surface area contributed by atoms with Crippen LogP contribution in [0.15, 0.2) is 56.6 Å². The predicted molar refractivity (Wildman–Crippen MR) is 113 cm³/mol. The van der Waals surface area contributed by atoms with Crippen molar-refractivity contribution in [2.75, 3.05) is 11.9 Å². The quantitative estimate of drug-likeness (QED) is 0.395. The molecule has 0 unspecified atom stereocenters. The fourth-order valence-corrected chi connectivity index (χ4v) is 3.99. The molecule has 0 bridgehead atoms. The van der Waals surface area contributed by atoms with Crippen molar-refractivity contribution in [1.29, 1.82) is 0 Å². The molecule has 0 fully saturated rings. The van der Waals surface area contributed by atoms with E-state index in [2.05, 4.69) is 31.4 Å². The van der Waals surface area contributed by atoms with Crippen LogP contribution in [0.5, 0.6) is 0 Å². The maximum atomic E-state index is 12.5. The number of halogens is 1. The van der Waals surface area contributed by atoms with Crippen molar-refractivity contribution in [3.63, 3.8) is 0 Å². The van der Waals surface area contributed by atoms with Crippen molar-refractivity contribution in [3.05, 3.63) is 69.6 Å². The topological polar surface area (TPSA) is 94.3 Å². The van der Waals surface area contributed by atoms with E-state index in [9.17, 15) is 9.59 Å². The number of nitrogens with one attached hydrogen (secondary N) is 1. The normalized spacial score (nSPS) is 10.6. The second kappa shape index (κ2) is 9.71. The number of aryl methyl sites for hydroxylation is 2. The Morgan fingerprint density at radius 3 is 2.72 bits per heavy atom. The van der Waals surface area contributed by atoms with Gasteiger partial charge in [0.15, 0.2) is 6.61 Å². The number of aromatic nitrogens is 2. The van der Waals surface area contributed by atoms with E-state index >= 15 is 0 Å². The molecule has 9 heteroatoms. The van der Waals surface area contributed by atoms with Crippen molar-refractivity contribution in [2.45, 2.75) is 24.6 Å². The summed E-state index contributed by atoms with van der Waals surface area (Å²) in [7, 11) is 0. The average molecular weight is 476 g/mol. The van der Waals surface area contributed by atoms with E-state index in [1.165, 1.54) is 11.8 Å². The summed E-state index contributed by atoms with van der Waals surface area (Å²) < 4.78 is 11.1. The number of anilines is 1. The monoisotopic (exact) mass is 475 g/mol. The summed E-state index contributed by atoms with van der Waals surface area (Å²) in [6.45, 7) is 3.31. The number of amides is 1. The Bertz CT molecular complexity index is 1020. The Morgan fingerprint density at radius 1 is 1.21 bits per heavy atom. The fourth-order valence-electron chi connectivity index (χ4n) is 2.47. The van der Waals surface area contributed by atoms with Crippen LogP contribution in [-0.4, -0.2) is 28.6 Å². The molecule has 0 saturated heterocycles. The molecule has 0 aliphatic carbocycles. The van der Waals surface area contributed by atoms with E-state index in [1.807, 2.05) is 19.9 Å². The minimum Gasteiger partial charge on any atom is -0.452 e. The van der Waals surface area contributed by atoms with Crippen molar-refractivity contribution in [2.24, 2.45) is 0 Å². The van der Waals surface area contributed by atoms with Crippen LogP contribution in [0, 0.1) is 13.8 Å². The number of pyridine rings is 1. The molecule has 29 heavy (non-hydrogen) atoms. The van der Waals surface area contributed by atoms with Crippen molar-refractivity contribution in [3.8, 4) is 0 Å². The number of hydrogen-bond donors (Lipinski definition) is 1. The van der Waals surface area contributed by atoms with Crippen LogP contribution >= 0.6 is 27.7 Å². The van der Waals surface area contributed by atoms with Gasteiger partial charge in [-0.2, -0.15) is 0 Å². The molecule has 0 atom stereocenters. The van der Waals surface area contributed by atoms with Crippen LogP contribution in [0.1, 0.15) is 27.4 Å². The second-order valence-electron chi connectivity index (χ2n) is 6.05. The van der Waals surface area contributed by atoms with Crippen LogP contribution in [0.3, 0.4) is 0 Å². The lowest BCUT2D eigenvalue weighted by atomic mass is 10.2. The molecular formula is C20H18BrN3O4S. The third-order valence-corrected chi connectivity index (χ3v) is 5.73. The highest BCUT2D eigenvalue weighted by Crippen LogP contribution is 2.27. The number of benzene rings is 1. The van der Waals surface area contributed by atoms with Gasteiger partial charge in [-0.3, -0.25) is 4.79 Å². The lowest BCUT2D eigenvalue weighted by molar-refractivity contribution is -0.119. The van der Waals surface area contributed by atoms with E-state index in [1.54, 1.807) is 36.5 Å². The maximum Gasteiger partial charge on any atom is 0.341 e. The minimum atomic E-state index is -0.610. The van der Waals surface area contributed by atoms with Gasteiger partial charge < -0.3 is 14.6 Å². The lowest BCUT2D eigenvalue weighted by Gasteiger charge is -2.10. The smallest absolute Gasteiger partial charge is 0.341 e. The molecule has 2 aromatic heterocycles. The summed E-state index contributed by atoms with van der Waals surface area (Å²) in [6.07, 6.45) is 1.60. The lowest BCUT2D eigenvalue weighted by Crippen LogP contribution is -2.21. The Kier molecular flexibility index (Phi) is 7.05. The molecule has 0 radical (unpaired) electrons. The Balaban J connectivity index is 1.61. The van der Waals surface area contributed by atoms with Gasteiger partial charge in [0.25, 0.3) is 5.91 Å². The molecule has 0 aliphatic rings. The number of ether oxygens (including phenoxy) is 1. The standard InChI is InChI=1S/C20H18BrN3O4S/c1-12-15(13(2)28-24-12)11-29-19-14(6-5-9-22-19)20(26)27-10-18(25)23-17-8-4-3-7-16(17)21/h3-9H,10-11H2,1-2H3,(H,23,25). The van der Waals surface area contributed by atoms with E-state index in [-0.39, 0.29) is 0 Å². The van der Waals surface area contributed by atoms with Gasteiger partial charge in [0.05, 0.1) is 16.9 Å². The molecule has 2 heterocycles. The molecule has 1 amide bonds. The summed E-state index contributed by atoms with van der Waals surface area (Å²) >= 11 is 4.73. The second-order valence-corrected chi connectivity index (χ2v) is 7.87. The third kappa shape index (κ3) is 5.45. The number of esters is 1. The molecule has 1 N–H and O–H groups in total. The molecule has 3 rings (SSSR count). The Morgan fingerprint density at radius 2 is 2.00 bits per heavy atom. The first kappa shape index (κ1) is 21.1. The number of para-hydroxylation sites is 1. The first-order chi connectivity index (χ1) is 14.0. The van der Waals surface area contributed by atoms with Gasteiger partial charge in [-0.25, -0.2) is 9.78 Å². The van der Waals surface area contributed by atoms with Crippen molar-refractivity contribution in [1.82, 2.24) is 10.1 Å². The van der Waals surface area contributed by atoms with Crippen LogP contribution in [0.4, 0.5) is 5.69 Å². The SMILES string of the molecule is Cc1noc(C)c1CSc1ncccc1C(=O)OCC(=O)Nc1ccccc1Br. The molecule has 0 spiro atoms. The molecule has 3 aromatic rings. The van der Waals surface area contributed by atoms with Gasteiger partial charge in [0, 0.05) is 22.0 Å². The van der Waals surface area contributed by atoms with Gasteiger partial charge in [-0.15, -0.1) is 11.8 Å². The van der Waals surface area contributed by atoms with Crippen LogP contribution in [0.2, 0.25) is 0 Å². The highest BCUT2D eigenvalue weighted by Gasteiger charge is 2.18. The zero-order chi connectivity index (χ0) is 20.8. The van der Waals surface area contributed by atoms with E-state index in [4.69, 9.17) is 9.26 Å². The van der Waals surface area contributed by atoms with Crippen molar-refractivity contribution < 1.29 is 18.8 Å². The minimum absolute atomic E-state index is 0.304.